The van der Waals surface area contributed by atoms with Gasteiger partial charge in [0.15, 0.2) is 0 Å². The molecule has 2 aliphatic rings. The van der Waals surface area contributed by atoms with Gasteiger partial charge in [0.2, 0.25) is 5.91 Å². The third-order valence-electron chi connectivity index (χ3n) is 7.34. The number of carbonyl (C=O) groups excluding carboxylic acids is 2. The fourth-order valence-electron chi connectivity index (χ4n) is 5.31. The molecule has 4 rings (SSSR count). The number of amides is 2. The number of nitrogens with two attached hydrogens (primary N) is 3. The van der Waals surface area contributed by atoms with Crippen molar-refractivity contribution in [3.8, 4) is 0 Å². The van der Waals surface area contributed by atoms with Gasteiger partial charge in [0, 0.05) is 47.7 Å². The molecule has 0 aromatic heterocycles. The number of hydrogen-bond donors (Lipinski definition) is 3. The van der Waals surface area contributed by atoms with Gasteiger partial charge in [-0.1, -0.05) is 67.8 Å². The van der Waals surface area contributed by atoms with Crippen molar-refractivity contribution in [2.45, 2.75) is 51.7 Å². The average molecular weight is 492 g/mol. The van der Waals surface area contributed by atoms with Crippen LogP contribution < -0.4 is 27.6 Å². The minimum Gasteiger partial charge on any atom is -0.445 e. The van der Waals surface area contributed by atoms with E-state index in [-0.39, 0.29) is 18.6 Å². The van der Waals surface area contributed by atoms with Gasteiger partial charge in [-0.25, -0.2) is 4.79 Å². The molecule has 2 amide bonds. The Hall–Kier alpha value is -3.68. The lowest BCUT2D eigenvalue weighted by Crippen LogP contribution is -2.56. The Labute approximate surface area is 212 Å². The van der Waals surface area contributed by atoms with Crippen LogP contribution in [-0.4, -0.2) is 47.5 Å². The van der Waals surface area contributed by atoms with Crippen molar-refractivity contribution in [3.05, 3.63) is 70.1 Å². The molecule has 1 heterocycles. The lowest BCUT2D eigenvalue weighted by Gasteiger charge is -2.42. The van der Waals surface area contributed by atoms with Crippen LogP contribution in [0.15, 0.2) is 48.5 Å². The molecule has 1 saturated carbocycles. The van der Waals surface area contributed by atoms with Gasteiger partial charge in [-0.2, -0.15) is 0 Å². The molecule has 1 atom stereocenters. The van der Waals surface area contributed by atoms with Crippen LogP contribution in [0.3, 0.4) is 0 Å². The largest absolute Gasteiger partial charge is 0.445 e. The first-order valence-corrected chi connectivity index (χ1v) is 12.8. The van der Waals surface area contributed by atoms with Crippen molar-refractivity contribution in [2.24, 2.45) is 23.1 Å². The monoisotopic (exact) mass is 491 g/mol. The van der Waals surface area contributed by atoms with E-state index in [1.165, 1.54) is 6.42 Å². The summed E-state index contributed by atoms with van der Waals surface area (Å²) in [5.41, 5.74) is 20.7. The topological polar surface area (TPSA) is 128 Å². The Morgan fingerprint density at radius 2 is 1.58 bits per heavy atom. The summed E-state index contributed by atoms with van der Waals surface area (Å²) in [4.78, 5) is 28.1. The maximum Gasteiger partial charge on any atom is 0.404 e. The van der Waals surface area contributed by atoms with Crippen molar-refractivity contribution < 1.29 is 14.3 Å². The quantitative estimate of drug-likeness (QED) is 0.582. The van der Waals surface area contributed by atoms with E-state index >= 15 is 0 Å². The van der Waals surface area contributed by atoms with Crippen LogP contribution in [0.5, 0.6) is 0 Å². The molecule has 36 heavy (non-hydrogen) atoms. The fourth-order valence-corrected chi connectivity index (χ4v) is 5.31. The number of benzene rings is 2. The van der Waals surface area contributed by atoms with E-state index in [1.807, 2.05) is 53.4 Å². The highest BCUT2D eigenvalue weighted by Gasteiger charge is 2.31. The van der Waals surface area contributed by atoms with Crippen LogP contribution >= 0.6 is 0 Å². The smallest absolute Gasteiger partial charge is 0.404 e. The van der Waals surface area contributed by atoms with Crippen molar-refractivity contribution in [1.82, 2.24) is 9.80 Å². The van der Waals surface area contributed by atoms with Crippen molar-refractivity contribution in [1.29, 1.82) is 0 Å². The average Bonchev–Trinajstić information content (AvgIpc) is 2.91. The summed E-state index contributed by atoms with van der Waals surface area (Å²) >= 11 is 0. The van der Waals surface area contributed by atoms with Crippen LogP contribution in [0.2, 0.25) is 0 Å². The van der Waals surface area contributed by atoms with E-state index in [0.717, 1.165) is 47.2 Å². The van der Waals surface area contributed by atoms with E-state index < -0.39 is 6.09 Å². The van der Waals surface area contributed by atoms with Gasteiger partial charge in [0.1, 0.15) is 12.4 Å². The van der Waals surface area contributed by atoms with Gasteiger partial charge in [-0.15, -0.1) is 0 Å². The summed E-state index contributed by atoms with van der Waals surface area (Å²) in [5, 5.41) is 1.72. The Morgan fingerprint density at radius 1 is 0.917 bits per heavy atom. The molecule has 8 heteroatoms. The van der Waals surface area contributed by atoms with E-state index in [1.54, 1.807) is 0 Å². The number of hydrogen-bond acceptors (Lipinski definition) is 6. The third-order valence-corrected chi connectivity index (χ3v) is 7.34. The highest BCUT2D eigenvalue weighted by Crippen LogP contribution is 2.26. The molecule has 2 aromatic carbocycles. The first kappa shape index (κ1) is 25.4. The van der Waals surface area contributed by atoms with E-state index in [9.17, 15) is 9.59 Å². The molecule has 2 aromatic rings. The Morgan fingerprint density at radius 3 is 2.22 bits per heavy atom. The molecule has 0 radical (unpaired) electrons. The summed E-state index contributed by atoms with van der Waals surface area (Å²) in [5.74, 6) is 1.16. The van der Waals surface area contributed by atoms with E-state index in [2.05, 4.69) is 11.8 Å². The first-order chi connectivity index (χ1) is 17.3. The summed E-state index contributed by atoms with van der Waals surface area (Å²) in [7, 11) is 0. The molecule has 2 fully saturated rings. The zero-order chi connectivity index (χ0) is 25.7. The summed E-state index contributed by atoms with van der Waals surface area (Å²) < 4.78 is 4.85. The lowest BCUT2D eigenvalue weighted by molar-refractivity contribution is -0.138. The van der Waals surface area contributed by atoms with Gasteiger partial charge in [0.05, 0.1) is 0 Å². The molecule has 1 aliphatic heterocycles. The molecule has 1 unspecified atom stereocenters. The number of nitrogens with zero attached hydrogens (tertiary/aromatic N) is 2. The third kappa shape index (κ3) is 5.75. The number of piperazine rings is 1. The van der Waals surface area contributed by atoms with Crippen LogP contribution in [0.4, 0.5) is 4.79 Å². The predicted molar refractivity (Wildman–Crippen MR) is 140 cm³/mol. The highest BCUT2D eigenvalue weighted by molar-refractivity contribution is 5.79. The van der Waals surface area contributed by atoms with Gasteiger partial charge < -0.3 is 31.7 Å². The summed E-state index contributed by atoms with van der Waals surface area (Å²) in [6, 6.07) is 15.4. The summed E-state index contributed by atoms with van der Waals surface area (Å²) in [6.07, 6.45) is 4.79. The lowest BCUT2D eigenvalue weighted by atomic mass is 9.88. The first-order valence-electron chi connectivity index (χ1n) is 12.8. The second kappa shape index (κ2) is 11.4. The fraction of sp³-hybridized carbons (Fsp3) is 0.429. The van der Waals surface area contributed by atoms with Gasteiger partial charge in [-0.05, 0) is 30.9 Å². The molecule has 8 nitrogen and oxygen atoms in total. The second-order valence-corrected chi connectivity index (χ2v) is 9.81. The SMILES string of the molecule is CC1CN(C(=O)C2CCCCC2)CCN1/C(N)=c1\cccc\c1=C(\N)c1ccc(COC(N)=O)cc1. The molecule has 1 aliphatic carbocycles. The van der Waals surface area contributed by atoms with E-state index in [4.69, 9.17) is 21.9 Å². The van der Waals surface area contributed by atoms with Crippen molar-refractivity contribution in [3.63, 3.8) is 0 Å². The number of rotatable bonds is 5. The predicted octanol–water partition coefficient (Wildman–Crippen LogP) is 1.53. The molecular weight excluding hydrogens is 454 g/mol. The maximum absolute atomic E-state index is 13.1. The Balaban J connectivity index is 1.57. The Kier molecular flexibility index (Phi) is 8.03. The van der Waals surface area contributed by atoms with Crippen molar-refractivity contribution in [2.75, 3.05) is 19.6 Å². The standard InChI is InChI=1S/C28H37N5O3/c1-19-17-32(27(34)22-7-3-2-4-8-22)15-16-33(19)26(30)24-10-6-5-9-23(24)25(29)21-13-11-20(12-14-21)18-36-28(31)35/h5-6,9-14,19,22H,2-4,7-8,15-18,29-30H2,1H3,(H2,31,35)/b25-23-,26-24+. The molecule has 192 valence electrons. The molecular formula is C28H37N5O3. The Bertz CT molecular complexity index is 1200. The molecule has 6 N–H and O–H groups in total. The van der Waals surface area contributed by atoms with Crippen LogP contribution in [0, 0.1) is 5.92 Å². The van der Waals surface area contributed by atoms with Gasteiger partial charge in [-0.3, -0.25) is 4.79 Å². The number of primary amides is 1. The molecule has 0 spiro atoms. The van der Waals surface area contributed by atoms with Gasteiger partial charge >= 0.3 is 6.09 Å². The minimum atomic E-state index is -0.807. The molecule has 0 bridgehead atoms. The molecule has 1 saturated heterocycles. The summed E-state index contributed by atoms with van der Waals surface area (Å²) in [6.45, 7) is 4.27. The number of ether oxygens (including phenoxy) is 1. The zero-order valence-corrected chi connectivity index (χ0v) is 21.0. The maximum atomic E-state index is 13.1. The van der Waals surface area contributed by atoms with Crippen LogP contribution in [0.25, 0.3) is 11.5 Å². The van der Waals surface area contributed by atoms with Gasteiger partial charge in [0.25, 0.3) is 0 Å². The number of carbonyl (C=O) groups is 2. The highest BCUT2D eigenvalue weighted by atomic mass is 16.5. The zero-order valence-electron chi connectivity index (χ0n) is 21.0. The minimum absolute atomic E-state index is 0.102. The van der Waals surface area contributed by atoms with Crippen LogP contribution in [0.1, 0.15) is 50.2 Å². The van der Waals surface area contributed by atoms with E-state index in [0.29, 0.717) is 37.1 Å². The normalized spacial score (nSPS) is 20.5. The van der Waals surface area contributed by atoms with Crippen LogP contribution in [-0.2, 0) is 16.1 Å². The van der Waals surface area contributed by atoms with Crippen molar-refractivity contribution >= 4 is 23.5 Å². The second-order valence-electron chi connectivity index (χ2n) is 9.81.